The van der Waals surface area contributed by atoms with Crippen molar-refractivity contribution in [3.8, 4) is 11.4 Å². The van der Waals surface area contributed by atoms with Crippen molar-refractivity contribution in [3.05, 3.63) is 46.8 Å². The molecule has 0 atom stereocenters. The van der Waals surface area contributed by atoms with E-state index in [1.54, 1.807) is 0 Å². The molecule has 1 aliphatic heterocycles. The summed E-state index contributed by atoms with van der Waals surface area (Å²) in [5.41, 5.74) is 5.87. The number of aromatic nitrogens is 4. The van der Waals surface area contributed by atoms with Crippen LogP contribution in [0.3, 0.4) is 0 Å². The van der Waals surface area contributed by atoms with Crippen LogP contribution in [0.4, 0.5) is 0 Å². The average Bonchev–Trinajstić information content (AvgIpc) is 3.03. The highest BCUT2D eigenvalue weighted by atomic mass is 15.3. The molecule has 1 aliphatic rings. The van der Waals surface area contributed by atoms with Gasteiger partial charge in [0.15, 0.2) is 5.82 Å². The Balaban J connectivity index is 1.94. The van der Waals surface area contributed by atoms with Gasteiger partial charge in [0.05, 0.1) is 0 Å². The van der Waals surface area contributed by atoms with Crippen LogP contribution in [-0.4, -0.2) is 19.6 Å². The summed E-state index contributed by atoms with van der Waals surface area (Å²) in [5.74, 6) is 1.52. The smallest absolute Gasteiger partial charge is 0.255 e. The summed E-state index contributed by atoms with van der Waals surface area (Å²) in [5, 5.41) is 11.9. The fraction of sp³-hybridized carbons (Fsp3) is 0.267. The number of benzene rings is 1. The van der Waals surface area contributed by atoms with E-state index in [2.05, 4.69) is 51.7 Å². The van der Waals surface area contributed by atoms with Crippen molar-refractivity contribution in [3.63, 3.8) is 0 Å². The monoisotopic (exact) mass is 265 g/mol. The van der Waals surface area contributed by atoms with E-state index >= 15 is 0 Å². The summed E-state index contributed by atoms with van der Waals surface area (Å²) in [7, 11) is 0. The lowest BCUT2D eigenvalue weighted by molar-refractivity contribution is 0.765. The molecular formula is C15H15N5. The molecule has 1 N–H and O–H groups in total. The highest BCUT2D eigenvalue weighted by Crippen LogP contribution is 2.24. The highest BCUT2D eigenvalue weighted by Gasteiger charge is 2.15. The normalized spacial score (nSPS) is 13.9. The van der Waals surface area contributed by atoms with E-state index in [1.165, 1.54) is 11.1 Å². The van der Waals surface area contributed by atoms with Crippen LogP contribution in [-0.2, 0) is 13.1 Å². The van der Waals surface area contributed by atoms with Gasteiger partial charge in [0.1, 0.15) is 0 Å². The van der Waals surface area contributed by atoms with Gasteiger partial charge in [0.25, 0.3) is 5.78 Å². The van der Waals surface area contributed by atoms with E-state index in [4.69, 9.17) is 0 Å². The third-order valence-corrected chi connectivity index (χ3v) is 3.79. The van der Waals surface area contributed by atoms with Crippen LogP contribution in [0.15, 0.2) is 24.3 Å². The molecule has 5 nitrogen and oxygen atoms in total. The van der Waals surface area contributed by atoms with E-state index in [0.29, 0.717) is 5.78 Å². The van der Waals surface area contributed by atoms with Gasteiger partial charge < -0.3 is 5.32 Å². The van der Waals surface area contributed by atoms with E-state index in [-0.39, 0.29) is 0 Å². The number of nitrogens with one attached hydrogen (secondary N) is 1. The first-order chi connectivity index (χ1) is 9.72. The second kappa shape index (κ2) is 4.11. The molecule has 0 fully saturated rings. The van der Waals surface area contributed by atoms with Crippen LogP contribution >= 0.6 is 0 Å². The lowest BCUT2D eigenvalue weighted by Crippen LogP contribution is -2.00. The fourth-order valence-corrected chi connectivity index (χ4v) is 2.85. The maximum Gasteiger partial charge on any atom is 0.255 e. The molecule has 0 saturated heterocycles. The van der Waals surface area contributed by atoms with Gasteiger partial charge in [0.2, 0.25) is 0 Å². The molecule has 4 rings (SSSR count). The first kappa shape index (κ1) is 11.5. The molecule has 0 spiro atoms. The zero-order valence-electron chi connectivity index (χ0n) is 11.5. The summed E-state index contributed by atoms with van der Waals surface area (Å²) in [6, 6.07) is 8.53. The van der Waals surface area contributed by atoms with Gasteiger partial charge in [-0.3, -0.25) is 4.40 Å². The molecule has 0 radical (unpaired) electrons. The van der Waals surface area contributed by atoms with Gasteiger partial charge in [-0.25, -0.2) is 4.98 Å². The molecule has 3 heterocycles. The number of nitrogens with zero attached hydrogens (tertiary/aromatic N) is 4. The molecule has 20 heavy (non-hydrogen) atoms. The topological polar surface area (TPSA) is 55.1 Å². The SMILES string of the molecule is Cc1cc(C)n2c(-c3ccc4c(c3)CNC4)nnc2n1. The van der Waals surface area contributed by atoms with E-state index in [0.717, 1.165) is 35.9 Å². The maximum absolute atomic E-state index is 4.43. The third-order valence-electron chi connectivity index (χ3n) is 3.79. The highest BCUT2D eigenvalue weighted by molar-refractivity contribution is 5.61. The molecule has 0 unspecified atom stereocenters. The molecule has 0 bridgehead atoms. The Morgan fingerprint density at radius 1 is 1.05 bits per heavy atom. The lowest BCUT2D eigenvalue weighted by atomic mass is 10.1. The maximum atomic E-state index is 4.43. The second-order valence-electron chi connectivity index (χ2n) is 5.28. The number of rotatable bonds is 1. The molecule has 1 aromatic carbocycles. The van der Waals surface area contributed by atoms with Gasteiger partial charge in [-0.2, -0.15) is 0 Å². The Morgan fingerprint density at radius 3 is 2.80 bits per heavy atom. The van der Waals surface area contributed by atoms with Gasteiger partial charge in [-0.05, 0) is 37.1 Å². The van der Waals surface area contributed by atoms with Gasteiger partial charge in [-0.1, -0.05) is 12.1 Å². The first-order valence-corrected chi connectivity index (χ1v) is 6.74. The molecular weight excluding hydrogens is 250 g/mol. The van der Waals surface area contributed by atoms with Crippen molar-refractivity contribution < 1.29 is 0 Å². The molecule has 0 aliphatic carbocycles. The molecule has 100 valence electrons. The van der Waals surface area contributed by atoms with Gasteiger partial charge >= 0.3 is 0 Å². The Bertz CT molecular complexity index is 818. The van der Waals surface area contributed by atoms with E-state index < -0.39 is 0 Å². The van der Waals surface area contributed by atoms with E-state index in [1.807, 2.05) is 11.3 Å². The van der Waals surface area contributed by atoms with Crippen molar-refractivity contribution in [1.82, 2.24) is 24.9 Å². The predicted octanol–water partition coefficient (Wildman–Crippen LogP) is 2.01. The number of fused-ring (bicyclic) bond motifs is 2. The van der Waals surface area contributed by atoms with Crippen LogP contribution in [0, 0.1) is 13.8 Å². The number of hydrogen-bond donors (Lipinski definition) is 1. The Kier molecular flexibility index (Phi) is 2.37. The van der Waals surface area contributed by atoms with Crippen molar-refractivity contribution in [2.24, 2.45) is 0 Å². The average molecular weight is 265 g/mol. The Hall–Kier alpha value is -2.27. The molecule has 0 saturated carbocycles. The fourth-order valence-electron chi connectivity index (χ4n) is 2.85. The summed E-state index contributed by atoms with van der Waals surface area (Å²) in [6.07, 6.45) is 0. The zero-order chi connectivity index (χ0) is 13.7. The molecule has 0 amide bonds. The summed E-state index contributed by atoms with van der Waals surface area (Å²) in [6.45, 7) is 5.91. The number of hydrogen-bond acceptors (Lipinski definition) is 4. The van der Waals surface area contributed by atoms with Crippen LogP contribution in [0.25, 0.3) is 17.2 Å². The predicted molar refractivity (Wildman–Crippen MR) is 76.2 cm³/mol. The minimum atomic E-state index is 0.663. The molecule has 5 heteroatoms. The summed E-state index contributed by atoms with van der Waals surface area (Å²) in [4.78, 5) is 4.43. The molecule has 3 aromatic rings. The van der Waals surface area contributed by atoms with Crippen LogP contribution in [0.2, 0.25) is 0 Å². The third kappa shape index (κ3) is 1.63. The zero-order valence-corrected chi connectivity index (χ0v) is 11.5. The van der Waals surface area contributed by atoms with Gasteiger partial charge in [0, 0.05) is 30.0 Å². The number of aryl methyl sites for hydroxylation is 2. The minimum absolute atomic E-state index is 0.663. The van der Waals surface area contributed by atoms with E-state index in [9.17, 15) is 0 Å². The van der Waals surface area contributed by atoms with Gasteiger partial charge in [-0.15, -0.1) is 10.2 Å². The van der Waals surface area contributed by atoms with Crippen LogP contribution < -0.4 is 5.32 Å². The summed E-state index contributed by atoms with van der Waals surface area (Å²) >= 11 is 0. The Morgan fingerprint density at radius 2 is 1.90 bits per heavy atom. The first-order valence-electron chi connectivity index (χ1n) is 6.74. The lowest BCUT2D eigenvalue weighted by Gasteiger charge is -2.06. The van der Waals surface area contributed by atoms with Crippen molar-refractivity contribution in [2.45, 2.75) is 26.9 Å². The van der Waals surface area contributed by atoms with Crippen LogP contribution in [0.5, 0.6) is 0 Å². The standard InChI is InChI=1S/C15H15N5/c1-9-5-10(2)20-14(18-19-15(20)17-9)11-3-4-12-7-16-8-13(12)6-11/h3-6,16H,7-8H2,1-2H3. The molecule has 2 aromatic heterocycles. The van der Waals surface area contributed by atoms with Crippen molar-refractivity contribution in [1.29, 1.82) is 0 Å². The largest absolute Gasteiger partial charge is 0.309 e. The van der Waals surface area contributed by atoms with Crippen LogP contribution in [0.1, 0.15) is 22.5 Å². The summed E-state index contributed by atoms with van der Waals surface area (Å²) < 4.78 is 2.01. The Labute approximate surface area is 116 Å². The van der Waals surface area contributed by atoms with Crippen molar-refractivity contribution >= 4 is 5.78 Å². The minimum Gasteiger partial charge on any atom is -0.309 e. The quantitative estimate of drug-likeness (QED) is 0.731. The second-order valence-corrected chi connectivity index (χ2v) is 5.28. The van der Waals surface area contributed by atoms with Crippen molar-refractivity contribution in [2.75, 3.05) is 0 Å².